The SMILES string of the molecule is Cc1cc(=O)oc2cc(OCC(=O)OCC(=O)Nc3ccc4c(c3)CCC4)ccc12. The third kappa shape index (κ3) is 4.51. The highest BCUT2D eigenvalue weighted by Gasteiger charge is 2.13. The van der Waals surface area contributed by atoms with E-state index < -0.39 is 24.1 Å². The quantitative estimate of drug-likeness (QED) is 0.498. The van der Waals surface area contributed by atoms with Crippen LogP contribution < -0.4 is 15.7 Å². The molecule has 0 fully saturated rings. The molecule has 1 aliphatic carbocycles. The molecule has 1 aliphatic rings. The van der Waals surface area contributed by atoms with E-state index in [1.807, 2.05) is 25.1 Å². The maximum Gasteiger partial charge on any atom is 0.344 e. The Hall–Kier alpha value is -3.61. The number of ether oxygens (including phenoxy) is 2. The van der Waals surface area contributed by atoms with E-state index in [-0.39, 0.29) is 6.61 Å². The molecule has 3 aromatic rings. The molecular formula is C23H21NO6. The number of rotatable bonds is 6. The summed E-state index contributed by atoms with van der Waals surface area (Å²) in [5.41, 5.74) is 3.98. The topological polar surface area (TPSA) is 94.8 Å². The fraction of sp³-hybridized carbons (Fsp3) is 0.261. The van der Waals surface area contributed by atoms with Crippen LogP contribution in [0.2, 0.25) is 0 Å². The van der Waals surface area contributed by atoms with Crippen molar-refractivity contribution in [3.8, 4) is 5.75 Å². The van der Waals surface area contributed by atoms with Crippen molar-refractivity contribution < 1.29 is 23.5 Å². The lowest BCUT2D eigenvalue weighted by molar-refractivity contribution is -0.149. The molecular weight excluding hydrogens is 386 g/mol. The lowest BCUT2D eigenvalue weighted by Gasteiger charge is -2.09. The van der Waals surface area contributed by atoms with E-state index in [9.17, 15) is 14.4 Å². The van der Waals surface area contributed by atoms with E-state index in [1.54, 1.807) is 12.1 Å². The van der Waals surface area contributed by atoms with Gasteiger partial charge < -0.3 is 19.2 Å². The Bertz CT molecular complexity index is 1180. The van der Waals surface area contributed by atoms with Gasteiger partial charge in [-0.1, -0.05) is 6.07 Å². The molecule has 0 saturated carbocycles. The molecule has 1 amide bonds. The van der Waals surface area contributed by atoms with Crippen molar-refractivity contribution >= 4 is 28.5 Å². The van der Waals surface area contributed by atoms with Crippen LogP contribution in [0.5, 0.6) is 5.75 Å². The Balaban J connectivity index is 1.27. The number of hydrogen-bond acceptors (Lipinski definition) is 6. The minimum Gasteiger partial charge on any atom is -0.482 e. The van der Waals surface area contributed by atoms with Gasteiger partial charge in [0.2, 0.25) is 0 Å². The summed E-state index contributed by atoms with van der Waals surface area (Å²) in [6.07, 6.45) is 3.22. The second-order valence-corrected chi connectivity index (χ2v) is 7.24. The van der Waals surface area contributed by atoms with Crippen LogP contribution in [0.1, 0.15) is 23.1 Å². The Morgan fingerprint density at radius 3 is 2.73 bits per heavy atom. The summed E-state index contributed by atoms with van der Waals surface area (Å²) < 4.78 is 15.5. The molecule has 1 heterocycles. The molecule has 0 aliphatic heterocycles. The highest BCUT2D eigenvalue weighted by Crippen LogP contribution is 2.25. The fourth-order valence-corrected chi connectivity index (χ4v) is 3.57. The largest absolute Gasteiger partial charge is 0.482 e. The molecule has 7 nitrogen and oxygen atoms in total. The van der Waals surface area contributed by atoms with Crippen LogP contribution in [0.25, 0.3) is 11.0 Å². The molecule has 154 valence electrons. The van der Waals surface area contributed by atoms with Crippen molar-refractivity contribution in [2.45, 2.75) is 26.2 Å². The summed E-state index contributed by atoms with van der Waals surface area (Å²) in [5, 5.41) is 3.52. The molecule has 4 rings (SSSR count). The molecule has 0 radical (unpaired) electrons. The predicted octanol–water partition coefficient (Wildman–Crippen LogP) is 3.15. The van der Waals surface area contributed by atoms with Gasteiger partial charge in [-0.05, 0) is 67.1 Å². The minimum atomic E-state index is -0.676. The Labute approximate surface area is 172 Å². The second-order valence-electron chi connectivity index (χ2n) is 7.24. The van der Waals surface area contributed by atoms with E-state index in [4.69, 9.17) is 13.9 Å². The standard InChI is InChI=1S/C23H21NO6/c1-14-9-22(26)30-20-11-18(7-8-19(14)20)28-13-23(27)29-12-21(25)24-17-6-5-15-3-2-4-16(15)10-17/h5-11H,2-4,12-13H2,1H3,(H,24,25). The third-order valence-electron chi connectivity index (χ3n) is 5.03. The van der Waals surface area contributed by atoms with Gasteiger partial charge in [0.1, 0.15) is 11.3 Å². The van der Waals surface area contributed by atoms with Gasteiger partial charge in [-0.15, -0.1) is 0 Å². The van der Waals surface area contributed by atoms with Crippen molar-refractivity contribution in [1.29, 1.82) is 0 Å². The van der Waals surface area contributed by atoms with Crippen LogP contribution in [0.3, 0.4) is 0 Å². The summed E-state index contributed by atoms with van der Waals surface area (Å²) in [6, 6.07) is 12.2. The number of carbonyl (C=O) groups is 2. The van der Waals surface area contributed by atoms with Crippen LogP contribution in [0.15, 0.2) is 51.7 Å². The minimum absolute atomic E-state index is 0.357. The molecule has 7 heteroatoms. The number of hydrogen-bond donors (Lipinski definition) is 1. The molecule has 30 heavy (non-hydrogen) atoms. The highest BCUT2D eigenvalue weighted by molar-refractivity contribution is 5.93. The van der Waals surface area contributed by atoms with Gasteiger partial charge in [0.05, 0.1) is 0 Å². The first-order chi connectivity index (χ1) is 14.5. The van der Waals surface area contributed by atoms with Crippen LogP contribution in [-0.4, -0.2) is 25.1 Å². The summed E-state index contributed by atoms with van der Waals surface area (Å²) in [6.45, 7) is 1.05. The van der Waals surface area contributed by atoms with Crippen molar-refractivity contribution in [1.82, 2.24) is 0 Å². The van der Waals surface area contributed by atoms with Gasteiger partial charge in [0, 0.05) is 23.2 Å². The first-order valence-corrected chi connectivity index (χ1v) is 9.72. The van der Waals surface area contributed by atoms with E-state index in [0.29, 0.717) is 17.0 Å². The molecule has 0 bridgehead atoms. The van der Waals surface area contributed by atoms with Crippen LogP contribution in [0, 0.1) is 6.92 Å². The number of anilines is 1. The number of amides is 1. The summed E-state index contributed by atoms with van der Waals surface area (Å²) in [4.78, 5) is 35.4. The molecule has 0 atom stereocenters. The lowest BCUT2D eigenvalue weighted by atomic mass is 10.1. The number of aryl methyl sites for hydroxylation is 3. The fourth-order valence-electron chi connectivity index (χ4n) is 3.57. The number of esters is 1. The zero-order valence-electron chi connectivity index (χ0n) is 16.5. The summed E-state index contributed by atoms with van der Waals surface area (Å²) >= 11 is 0. The molecule has 0 spiro atoms. The van der Waals surface area contributed by atoms with Gasteiger partial charge in [-0.3, -0.25) is 4.79 Å². The van der Waals surface area contributed by atoms with E-state index in [2.05, 4.69) is 5.32 Å². The molecule has 2 aromatic carbocycles. The summed E-state index contributed by atoms with van der Waals surface area (Å²) in [5.74, 6) is -0.732. The Morgan fingerprint density at radius 2 is 1.87 bits per heavy atom. The predicted molar refractivity (Wildman–Crippen MR) is 111 cm³/mol. The number of fused-ring (bicyclic) bond motifs is 2. The van der Waals surface area contributed by atoms with Crippen LogP contribution >= 0.6 is 0 Å². The Kier molecular flexibility index (Phi) is 5.52. The van der Waals surface area contributed by atoms with Gasteiger partial charge >= 0.3 is 11.6 Å². The molecule has 0 saturated heterocycles. The first-order valence-electron chi connectivity index (χ1n) is 9.72. The molecule has 1 aromatic heterocycles. The van der Waals surface area contributed by atoms with Gasteiger partial charge in [-0.2, -0.15) is 0 Å². The average molecular weight is 407 g/mol. The maximum absolute atomic E-state index is 12.0. The third-order valence-corrected chi connectivity index (χ3v) is 5.03. The average Bonchev–Trinajstić information content (AvgIpc) is 3.18. The van der Waals surface area contributed by atoms with E-state index in [1.165, 1.54) is 23.3 Å². The first kappa shape index (κ1) is 19.7. The lowest BCUT2D eigenvalue weighted by Crippen LogP contribution is -2.23. The number of carbonyl (C=O) groups excluding carboxylic acids is 2. The van der Waals surface area contributed by atoms with E-state index >= 15 is 0 Å². The number of benzene rings is 2. The zero-order chi connectivity index (χ0) is 21.1. The molecule has 0 unspecified atom stereocenters. The number of nitrogens with one attached hydrogen (secondary N) is 1. The van der Waals surface area contributed by atoms with Crippen molar-refractivity contribution in [3.63, 3.8) is 0 Å². The van der Waals surface area contributed by atoms with Gasteiger partial charge in [0.15, 0.2) is 13.2 Å². The van der Waals surface area contributed by atoms with Gasteiger partial charge in [-0.25, -0.2) is 9.59 Å². The maximum atomic E-state index is 12.0. The van der Waals surface area contributed by atoms with E-state index in [0.717, 1.165) is 30.2 Å². The van der Waals surface area contributed by atoms with Crippen molar-refractivity contribution in [2.75, 3.05) is 18.5 Å². The molecule has 1 N–H and O–H groups in total. The highest BCUT2D eigenvalue weighted by atomic mass is 16.6. The van der Waals surface area contributed by atoms with Crippen molar-refractivity contribution in [3.05, 3.63) is 69.6 Å². The van der Waals surface area contributed by atoms with Crippen LogP contribution in [0.4, 0.5) is 5.69 Å². The normalized spacial score (nSPS) is 12.4. The summed E-state index contributed by atoms with van der Waals surface area (Å²) in [7, 11) is 0. The van der Waals surface area contributed by atoms with Crippen LogP contribution in [-0.2, 0) is 27.2 Å². The smallest absolute Gasteiger partial charge is 0.344 e. The Morgan fingerprint density at radius 1 is 1.03 bits per heavy atom. The van der Waals surface area contributed by atoms with Crippen molar-refractivity contribution in [2.24, 2.45) is 0 Å². The zero-order valence-corrected chi connectivity index (χ0v) is 16.5. The monoisotopic (exact) mass is 407 g/mol. The van der Waals surface area contributed by atoms with Gasteiger partial charge in [0.25, 0.3) is 5.91 Å². The second kappa shape index (κ2) is 8.41.